The Labute approximate surface area is 91.0 Å². The Bertz CT molecular complexity index is 406. The molecule has 80 valence electrons. The van der Waals surface area contributed by atoms with Crippen LogP contribution in [-0.2, 0) is 0 Å². The molecule has 0 aromatic heterocycles. The number of benzene rings is 1. The summed E-state index contributed by atoms with van der Waals surface area (Å²) in [6.07, 6.45) is 1.75. The van der Waals surface area contributed by atoms with Crippen LogP contribution < -0.4 is 5.32 Å². The first-order chi connectivity index (χ1) is 7.10. The first-order valence-electron chi connectivity index (χ1n) is 4.14. The maximum Gasteiger partial charge on any atom is 0.283 e. The van der Waals surface area contributed by atoms with E-state index in [0.29, 0.717) is 10.5 Å². The number of nitro groups is 1. The summed E-state index contributed by atoms with van der Waals surface area (Å²) in [5.74, 6) is -0.328. The first-order valence-corrected chi connectivity index (χ1v) is 5.37. The van der Waals surface area contributed by atoms with Crippen LogP contribution in [0.15, 0.2) is 23.1 Å². The van der Waals surface area contributed by atoms with Crippen LogP contribution in [0.3, 0.4) is 0 Å². The maximum atomic E-state index is 11.2. The summed E-state index contributed by atoms with van der Waals surface area (Å²) in [7, 11) is 1.48. The van der Waals surface area contributed by atoms with Gasteiger partial charge in [0.15, 0.2) is 0 Å². The van der Waals surface area contributed by atoms with Gasteiger partial charge < -0.3 is 5.32 Å². The van der Waals surface area contributed by atoms with Crippen molar-refractivity contribution in [2.75, 3.05) is 13.3 Å². The van der Waals surface area contributed by atoms with E-state index in [-0.39, 0.29) is 11.6 Å². The van der Waals surface area contributed by atoms with Gasteiger partial charge in [0.2, 0.25) is 0 Å². The lowest BCUT2D eigenvalue weighted by Crippen LogP contribution is -2.17. The van der Waals surface area contributed by atoms with Gasteiger partial charge in [-0.1, -0.05) is 0 Å². The Hall–Kier alpha value is -1.56. The van der Waals surface area contributed by atoms with Gasteiger partial charge in [-0.2, -0.15) is 0 Å². The lowest BCUT2D eigenvalue weighted by molar-refractivity contribution is -0.387. The first kappa shape index (κ1) is 11.5. The largest absolute Gasteiger partial charge is 0.355 e. The van der Waals surface area contributed by atoms with Gasteiger partial charge in [0.25, 0.3) is 11.6 Å². The smallest absolute Gasteiger partial charge is 0.283 e. The number of carbonyl (C=O) groups excluding carboxylic acids is 1. The predicted molar refractivity (Wildman–Crippen MR) is 58.3 cm³/mol. The summed E-state index contributed by atoms with van der Waals surface area (Å²) < 4.78 is 0. The van der Waals surface area contributed by atoms with E-state index < -0.39 is 4.92 Å². The molecule has 6 heteroatoms. The molecule has 1 aromatic carbocycles. The molecule has 1 N–H and O–H groups in total. The van der Waals surface area contributed by atoms with E-state index in [1.807, 2.05) is 0 Å². The van der Waals surface area contributed by atoms with E-state index in [2.05, 4.69) is 5.32 Å². The van der Waals surface area contributed by atoms with E-state index in [1.54, 1.807) is 18.4 Å². The van der Waals surface area contributed by atoms with Gasteiger partial charge in [-0.15, -0.1) is 11.8 Å². The van der Waals surface area contributed by atoms with Crippen LogP contribution in [0.5, 0.6) is 0 Å². The van der Waals surface area contributed by atoms with Crippen LogP contribution in [0.1, 0.15) is 10.4 Å². The van der Waals surface area contributed by atoms with Gasteiger partial charge in [-0.05, 0) is 18.4 Å². The summed E-state index contributed by atoms with van der Waals surface area (Å²) in [5, 5.41) is 13.1. The molecular formula is C9H10N2O3S. The summed E-state index contributed by atoms with van der Waals surface area (Å²) in [4.78, 5) is 22.0. The summed E-state index contributed by atoms with van der Waals surface area (Å²) in [6, 6.07) is 4.43. The molecule has 0 saturated carbocycles. The van der Waals surface area contributed by atoms with Gasteiger partial charge in [0.1, 0.15) is 0 Å². The van der Waals surface area contributed by atoms with E-state index in [1.165, 1.54) is 24.9 Å². The number of hydrogen-bond acceptors (Lipinski definition) is 4. The SMILES string of the molecule is CNC(=O)c1ccc(SC)c([N+](=O)[O-])c1. The number of hydrogen-bond donors (Lipinski definition) is 1. The number of carbonyl (C=O) groups is 1. The molecular weight excluding hydrogens is 216 g/mol. The molecule has 5 nitrogen and oxygen atoms in total. The fraction of sp³-hybridized carbons (Fsp3) is 0.222. The number of amides is 1. The van der Waals surface area contributed by atoms with Crippen molar-refractivity contribution in [2.24, 2.45) is 0 Å². The van der Waals surface area contributed by atoms with Crippen LogP contribution >= 0.6 is 11.8 Å². The summed E-state index contributed by atoms with van der Waals surface area (Å²) in [6.45, 7) is 0. The van der Waals surface area contributed by atoms with Crippen molar-refractivity contribution >= 4 is 23.4 Å². The van der Waals surface area contributed by atoms with Gasteiger partial charge in [-0.25, -0.2) is 0 Å². The van der Waals surface area contributed by atoms with Crippen molar-refractivity contribution in [1.82, 2.24) is 5.32 Å². The van der Waals surface area contributed by atoms with Crippen molar-refractivity contribution in [3.8, 4) is 0 Å². The highest BCUT2D eigenvalue weighted by Crippen LogP contribution is 2.28. The Morgan fingerprint density at radius 2 is 2.20 bits per heavy atom. The third-order valence-corrected chi connectivity index (χ3v) is 2.65. The molecule has 0 aliphatic rings. The van der Waals surface area contributed by atoms with Crippen molar-refractivity contribution in [1.29, 1.82) is 0 Å². The monoisotopic (exact) mass is 226 g/mol. The molecule has 0 bridgehead atoms. The highest BCUT2D eigenvalue weighted by Gasteiger charge is 2.16. The number of nitro benzene ring substituents is 1. The third-order valence-electron chi connectivity index (χ3n) is 1.86. The zero-order valence-corrected chi connectivity index (χ0v) is 9.13. The summed E-state index contributed by atoms with van der Waals surface area (Å²) in [5.41, 5.74) is 0.255. The molecule has 1 amide bonds. The van der Waals surface area contributed by atoms with E-state index in [0.717, 1.165) is 0 Å². The van der Waals surface area contributed by atoms with E-state index >= 15 is 0 Å². The number of nitrogens with one attached hydrogen (secondary N) is 1. The second kappa shape index (κ2) is 4.79. The topological polar surface area (TPSA) is 72.2 Å². The average Bonchev–Trinajstić information content (AvgIpc) is 2.27. The standard InChI is InChI=1S/C9H10N2O3S/c1-10-9(12)6-3-4-8(15-2)7(5-6)11(13)14/h3-5H,1-2H3,(H,10,12). The molecule has 1 rings (SSSR count). The number of rotatable bonds is 3. The number of nitrogens with zero attached hydrogens (tertiary/aromatic N) is 1. The van der Waals surface area contributed by atoms with E-state index in [9.17, 15) is 14.9 Å². The molecule has 0 aliphatic carbocycles. The number of thioether (sulfide) groups is 1. The van der Waals surface area contributed by atoms with Gasteiger partial charge in [0, 0.05) is 18.7 Å². The van der Waals surface area contributed by atoms with Crippen LogP contribution in [0, 0.1) is 10.1 Å². The lowest BCUT2D eigenvalue weighted by Gasteiger charge is -2.02. The molecule has 0 saturated heterocycles. The zero-order valence-electron chi connectivity index (χ0n) is 8.31. The second-order valence-corrected chi connectivity index (χ2v) is 3.57. The van der Waals surface area contributed by atoms with Crippen molar-refractivity contribution in [3.05, 3.63) is 33.9 Å². The minimum atomic E-state index is -0.488. The van der Waals surface area contributed by atoms with E-state index in [4.69, 9.17) is 0 Å². The fourth-order valence-electron chi connectivity index (χ4n) is 1.12. The van der Waals surface area contributed by atoms with Crippen LogP contribution in [0.2, 0.25) is 0 Å². The molecule has 0 fully saturated rings. The molecule has 0 spiro atoms. The van der Waals surface area contributed by atoms with Crippen LogP contribution in [0.4, 0.5) is 5.69 Å². The van der Waals surface area contributed by atoms with Crippen molar-refractivity contribution in [2.45, 2.75) is 4.90 Å². The zero-order chi connectivity index (χ0) is 11.4. The van der Waals surface area contributed by atoms with Gasteiger partial charge in [0.05, 0.1) is 9.82 Å². The van der Waals surface area contributed by atoms with Crippen molar-refractivity contribution in [3.63, 3.8) is 0 Å². The van der Waals surface area contributed by atoms with Gasteiger partial charge >= 0.3 is 0 Å². The Balaban J connectivity index is 3.22. The Kier molecular flexibility index (Phi) is 3.68. The molecule has 0 aliphatic heterocycles. The highest BCUT2D eigenvalue weighted by atomic mass is 32.2. The second-order valence-electron chi connectivity index (χ2n) is 2.72. The average molecular weight is 226 g/mol. The molecule has 15 heavy (non-hydrogen) atoms. The third kappa shape index (κ3) is 2.47. The minimum Gasteiger partial charge on any atom is -0.355 e. The molecule has 0 radical (unpaired) electrons. The maximum absolute atomic E-state index is 11.2. The van der Waals surface area contributed by atoms with Gasteiger partial charge in [-0.3, -0.25) is 14.9 Å². The minimum absolute atomic E-state index is 0.0383. The normalized spacial score (nSPS) is 9.73. The lowest BCUT2D eigenvalue weighted by atomic mass is 10.2. The summed E-state index contributed by atoms with van der Waals surface area (Å²) >= 11 is 1.28. The molecule has 0 heterocycles. The highest BCUT2D eigenvalue weighted by molar-refractivity contribution is 7.98. The Morgan fingerprint density at radius 3 is 2.67 bits per heavy atom. The van der Waals surface area contributed by atoms with Crippen LogP contribution in [-0.4, -0.2) is 24.1 Å². The predicted octanol–water partition coefficient (Wildman–Crippen LogP) is 1.68. The van der Waals surface area contributed by atoms with Crippen LogP contribution in [0.25, 0.3) is 0 Å². The quantitative estimate of drug-likeness (QED) is 0.483. The Morgan fingerprint density at radius 1 is 1.53 bits per heavy atom. The van der Waals surface area contributed by atoms with Crippen molar-refractivity contribution < 1.29 is 9.72 Å². The molecule has 0 unspecified atom stereocenters. The molecule has 0 atom stereocenters. The fourth-order valence-corrected chi connectivity index (χ4v) is 1.66. The molecule has 1 aromatic rings.